The topological polar surface area (TPSA) is 125 Å². The first-order valence-electron chi connectivity index (χ1n) is 5.82. The Bertz CT molecular complexity index is 726. The summed E-state index contributed by atoms with van der Waals surface area (Å²) in [5, 5.41) is 0. The van der Waals surface area contributed by atoms with Crippen LogP contribution in [0.15, 0.2) is 34.1 Å². The third-order valence-corrected chi connectivity index (χ3v) is 4.80. The number of carbonyl (C=O) groups excluding carboxylic acids is 1. The summed E-state index contributed by atoms with van der Waals surface area (Å²) < 4.78 is 56.3. The Kier molecular flexibility index (Phi) is 6.29. The molecule has 124 valence electrons. The molecule has 0 aliphatic heterocycles. The number of carbonyl (C=O) groups is 1. The SMILES string of the molecule is COCCOC(=O)ONS(=O)(=O)c1ccccc1S(C)(=O)=O. The summed E-state index contributed by atoms with van der Waals surface area (Å²) in [5.41, 5.74) is 0. The van der Waals surface area contributed by atoms with Crippen molar-refractivity contribution in [3.05, 3.63) is 24.3 Å². The van der Waals surface area contributed by atoms with E-state index in [2.05, 4.69) is 14.3 Å². The normalized spacial score (nSPS) is 11.9. The van der Waals surface area contributed by atoms with Crippen molar-refractivity contribution in [3.8, 4) is 0 Å². The van der Waals surface area contributed by atoms with Gasteiger partial charge >= 0.3 is 6.16 Å². The first kappa shape index (κ1) is 18.4. The van der Waals surface area contributed by atoms with Crippen LogP contribution in [0.4, 0.5) is 4.79 Å². The van der Waals surface area contributed by atoms with Gasteiger partial charge in [-0.05, 0) is 17.0 Å². The van der Waals surface area contributed by atoms with Gasteiger partial charge in [0.15, 0.2) is 9.84 Å². The number of sulfonamides is 1. The summed E-state index contributed by atoms with van der Waals surface area (Å²) in [5.74, 6) is 0. The number of methoxy groups -OCH3 is 1. The first-order valence-corrected chi connectivity index (χ1v) is 9.19. The monoisotopic (exact) mass is 353 g/mol. The van der Waals surface area contributed by atoms with Gasteiger partial charge in [0.05, 0.1) is 11.5 Å². The van der Waals surface area contributed by atoms with Crippen LogP contribution in [-0.4, -0.2) is 49.6 Å². The van der Waals surface area contributed by atoms with Gasteiger partial charge in [0.1, 0.15) is 11.5 Å². The van der Waals surface area contributed by atoms with E-state index in [9.17, 15) is 21.6 Å². The zero-order chi connectivity index (χ0) is 16.8. The van der Waals surface area contributed by atoms with Crippen molar-refractivity contribution >= 4 is 26.0 Å². The molecule has 0 atom stereocenters. The lowest BCUT2D eigenvalue weighted by molar-refractivity contribution is 0.0238. The lowest BCUT2D eigenvalue weighted by Gasteiger charge is -2.10. The number of sulfone groups is 1. The molecule has 0 saturated heterocycles. The lowest BCUT2D eigenvalue weighted by Crippen LogP contribution is -2.29. The van der Waals surface area contributed by atoms with Gasteiger partial charge in [-0.3, -0.25) is 0 Å². The lowest BCUT2D eigenvalue weighted by atomic mass is 10.4. The van der Waals surface area contributed by atoms with E-state index in [1.807, 2.05) is 0 Å². The molecule has 11 heteroatoms. The van der Waals surface area contributed by atoms with Crippen LogP contribution in [0.1, 0.15) is 0 Å². The number of ether oxygens (including phenoxy) is 2. The standard InChI is InChI=1S/C11H15NO8S2/c1-18-7-8-19-11(13)20-12-22(16,17)10-6-4-3-5-9(10)21(2,14)15/h3-6,12H,7-8H2,1-2H3. The Morgan fingerprint density at radius 1 is 1.09 bits per heavy atom. The Labute approximate surface area is 128 Å². The second kappa shape index (κ2) is 7.54. The molecule has 9 nitrogen and oxygen atoms in total. The number of nitrogens with one attached hydrogen (secondary N) is 1. The van der Waals surface area contributed by atoms with Crippen LogP contribution in [-0.2, 0) is 34.2 Å². The highest BCUT2D eigenvalue weighted by Gasteiger charge is 2.25. The molecule has 0 radical (unpaired) electrons. The van der Waals surface area contributed by atoms with E-state index >= 15 is 0 Å². The van der Waals surface area contributed by atoms with Crippen molar-refractivity contribution in [3.63, 3.8) is 0 Å². The Hall–Kier alpha value is -1.69. The molecule has 22 heavy (non-hydrogen) atoms. The minimum atomic E-state index is -4.38. The predicted molar refractivity (Wildman–Crippen MR) is 74.2 cm³/mol. The van der Waals surface area contributed by atoms with Gasteiger partial charge in [-0.15, -0.1) is 0 Å². The molecule has 0 aromatic heterocycles. The van der Waals surface area contributed by atoms with Gasteiger partial charge < -0.3 is 14.3 Å². The van der Waals surface area contributed by atoms with Crippen molar-refractivity contribution in [1.82, 2.24) is 4.89 Å². The molecule has 0 aliphatic rings. The summed E-state index contributed by atoms with van der Waals surface area (Å²) in [7, 11) is -6.77. The van der Waals surface area contributed by atoms with Gasteiger partial charge in [-0.2, -0.15) is 0 Å². The van der Waals surface area contributed by atoms with Gasteiger partial charge in [0, 0.05) is 13.4 Å². The second-order valence-corrected chi connectivity index (χ2v) is 7.60. The van der Waals surface area contributed by atoms with Crippen LogP contribution in [0, 0.1) is 0 Å². The van der Waals surface area contributed by atoms with Crippen molar-refractivity contribution < 1.29 is 35.9 Å². The largest absolute Gasteiger partial charge is 0.528 e. The molecular weight excluding hydrogens is 338 g/mol. The van der Waals surface area contributed by atoms with E-state index in [0.29, 0.717) is 0 Å². The van der Waals surface area contributed by atoms with Crippen LogP contribution in [0.5, 0.6) is 0 Å². The summed E-state index contributed by atoms with van der Waals surface area (Å²) in [6, 6.07) is 4.90. The fourth-order valence-corrected chi connectivity index (χ4v) is 3.75. The molecule has 0 heterocycles. The van der Waals surface area contributed by atoms with Crippen molar-refractivity contribution in [2.75, 3.05) is 26.6 Å². The third kappa shape index (κ3) is 5.26. The van der Waals surface area contributed by atoms with E-state index < -0.39 is 35.8 Å². The zero-order valence-corrected chi connectivity index (χ0v) is 13.4. The van der Waals surface area contributed by atoms with E-state index in [1.54, 1.807) is 0 Å². The van der Waals surface area contributed by atoms with Gasteiger partial charge in [0.2, 0.25) is 0 Å². The smallest absolute Gasteiger partial charge is 0.431 e. The number of rotatable bonds is 7. The molecule has 0 saturated carbocycles. The van der Waals surface area contributed by atoms with E-state index in [1.165, 1.54) is 24.1 Å². The molecular formula is C11H15NO8S2. The molecule has 1 aromatic rings. The molecule has 0 bridgehead atoms. The fourth-order valence-electron chi connectivity index (χ4n) is 1.35. The van der Waals surface area contributed by atoms with Crippen LogP contribution in [0.25, 0.3) is 0 Å². The average molecular weight is 353 g/mol. The summed E-state index contributed by atoms with van der Waals surface area (Å²) in [6.07, 6.45) is -0.432. The molecule has 1 aromatic carbocycles. The predicted octanol–water partition coefficient (Wildman–Crippen LogP) is 0.0830. The zero-order valence-electron chi connectivity index (χ0n) is 11.8. The maximum absolute atomic E-state index is 12.0. The molecule has 1 rings (SSSR count). The number of hydrogen-bond acceptors (Lipinski definition) is 8. The van der Waals surface area contributed by atoms with Crippen LogP contribution in [0.3, 0.4) is 0 Å². The molecule has 1 N–H and O–H groups in total. The van der Waals surface area contributed by atoms with Crippen LogP contribution >= 0.6 is 0 Å². The quantitative estimate of drug-likeness (QED) is 0.415. The maximum Gasteiger partial charge on any atom is 0.528 e. The Morgan fingerprint density at radius 3 is 2.23 bits per heavy atom. The molecule has 0 amide bonds. The van der Waals surface area contributed by atoms with Crippen LogP contribution in [0.2, 0.25) is 0 Å². The van der Waals surface area contributed by atoms with Crippen molar-refractivity contribution in [2.45, 2.75) is 9.79 Å². The van der Waals surface area contributed by atoms with Crippen molar-refractivity contribution in [1.29, 1.82) is 0 Å². The second-order valence-electron chi connectivity index (χ2n) is 4.00. The van der Waals surface area contributed by atoms with Crippen LogP contribution < -0.4 is 4.89 Å². The van der Waals surface area contributed by atoms with Gasteiger partial charge in [-0.1, -0.05) is 12.1 Å². The van der Waals surface area contributed by atoms with E-state index in [-0.39, 0.29) is 13.2 Å². The highest BCUT2D eigenvalue weighted by atomic mass is 32.2. The maximum atomic E-state index is 12.0. The third-order valence-electron chi connectivity index (χ3n) is 2.28. The first-order chi connectivity index (χ1) is 10.2. The fraction of sp³-hybridized carbons (Fsp3) is 0.364. The molecule has 0 spiro atoms. The minimum Gasteiger partial charge on any atom is -0.431 e. The Balaban J connectivity index is 2.86. The van der Waals surface area contributed by atoms with Crippen molar-refractivity contribution in [2.24, 2.45) is 0 Å². The van der Waals surface area contributed by atoms with Gasteiger partial charge in [0.25, 0.3) is 10.0 Å². The highest BCUT2D eigenvalue weighted by molar-refractivity contribution is 7.93. The van der Waals surface area contributed by atoms with Gasteiger partial charge in [-0.25, -0.2) is 21.6 Å². The summed E-state index contributed by atoms with van der Waals surface area (Å²) in [6.45, 7) is -0.0181. The number of hydrogen-bond donors (Lipinski definition) is 1. The number of benzene rings is 1. The summed E-state index contributed by atoms with van der Waals surface area (Å²) >= 11 is 0. The molecule has 0 fully saturated rings. The minimum absolute atomic E-state index is 0.110. The summed E-state index contributed by atoms with van der Waals surface area (Å²) in [4.78, 5) is 15.9. The molecule has 0 aliphatic carbocycles. The highest BCUT2D eigenvalue weighted by Crippen LogP contribution is 2.20. The van der Waals surface area contributed by atoms with E-state index in [4.69, 9.17) is 0 Å². The average Bonchev–Trinajstić information content (AvgIpc) is 2.45. The molecule has 0 unspecified atom stereocenters. The Morgan fingerprint density at radius 2 is 1.68 bits per heavy atom. The van der Waals surface area contributed by atoms with E-state index in [0.717, 1.165) is 18.4 Å².